The third kappa shape index (κ3) is 5.19. The first kappa shape index (κ1) is 14.2. The number of esters is 1. The van der Waals surface area contributed by atoms with Gasteiger partial charge in [-0.25, -0.2) is 4.79 Å². The van der Waals surface area contributed by atoms with Crippen LogP contribution in [0.2, 0.25) is 0 Å². The predicted octanol–water partition coefficient (Wildman–Crippen LogP) is 2.29. The van der Waals surface area contributed by atoms with Gasteiger partial charge in [0.2, 0.25) is 5.75 Å². The lowest BCUT2D eigenvalue weighted by Gasteiger charge is -2.14. The van der Waals surface area contributed by atoms with E-state index in [1.54, 1.807) is 0 Å². The molecule has 1 aliphatic carbocycles. The first-order valence-electron chi connectivity index (χ1n) is 7.26. The number of ether oxygens (including phenoxy) is 2. The third-order valence-electron chi connectivity index (χ3n) is 3.69. The van der Waals surface area contributed by atoms with Crippen molar-refractivity contribution in [1.82, 2.24) is 0 Å². The first-order chi connectivity index (χ1) is 8.84. The van der Waals surface area contributed by atoms with Crippen molar-refractivity contribution in [3.8, 4) is 0 Å². The molecule has 0 N–H and O–H groups in total. The van der Waals surface area contributed by atoms with Gasteiger partial charge in [0.1, 0.15) is 18.1 Å². The molecule has 1 heterocycles. The van der Waals surface area contributed by atoms with Gasteiger partial charge in [-0.15, -0.1) is 0 Å². The molecule has 0 aromatic heterocycles. The Bertz CT molecular complexity index is 245. The average molecular weight is 273 g/mol. The van der Waals surface area contributed by atoms with E-state index in [1.165, 1.54) is 56.5 Å². The Kier molecular flexibility index (Phi) is 6.35. The van der Waals surface area contributed by atoms with E-state index in [0.29, 0.717) is 36.0 Å². The second-order valence-corrected chi connectivity index (χ2v) is 7.55. The van der Waals surface area contributed by atoms with Crippen molar-refractivity contribution in [2.75, 3.05) is 30.5 Å². The summed E-state index contributed by atoms with van der Waals surface area (Å²) in [5.74, 6) is 3.08. The summed E-state index contributed by atoms with van der Waals surface area (Å²) in [7, 11) is 0.302. The summed E-state index contributed by atoms with van der Waals surface area (Å²) < 4.78 is 10.9. The molecule has 1 saturated carbocycles. The minimum absolute atomic E-state index is 0.0183. The topological polar surface area (TPSA) is 35.5 Å². The van der Waals surface area contributed by atoms with E-state index in [1.807, 2.05) is 0 Å². The van der Waals surface area contributed by atoms with Crippen LogP contribution in [0, 0.1) is 0 Å². The molecule has 104 valence electrons. The molecule has 2 fully saturated rings. The summed E-state index contributed by atoms with van der Waals surface area (Å²) in [5, 5.41) is 0. The molecule has 1 saturated heterocycles. The quantitative estimate of drug-likeness (QED) is 0.423. The zero-order valence-corrected chi connectivity index (χ0v) is 12.0. The van der Waals surface area contributed by atoms with Crippen LogP contribution in [0.15, 0.2) is 0 Å². The summed E-state index contributed by atoms with van der Waals surface area (Å²) in [6, 6.07) is 0. The van der Waals surface area contributed by atoms with E-state index in [9.17, 15) is 4.79 Å². The van der Waals surface area contributed by atoms with Crippen LogP contribution in [0.3, 0.4) is 0 Å². The zero-order valence-electron chi connectivity index (χ0n) is 11.2. The normalized spacial score (nSPS) is 22.2. The van der Waals surface area contributed by atoms with Gasteiger partial charge in [0.15, 0.2) is 0 Å². The molecule has 1 aliphatic heterocycles. The predicted molar refractivity (Wildman–Crippen MR) is 75.0 cm³/mol. The van der Waals surface area contributed by atoms with Crippen molar-refractivity contribution in [3.05, 3.63) is 0 Å². The van der Waals surface area contributed by atoms with Crippen molar-refractivity contribution in [1.29, 1.82) is 0 Å². The van der Waals surface area contributed by atoms with E-state index in [0.717, 1.165) is 0 Å². The van der Waals surface area contributed by atoms with Gasteiger partial charge < -0.3 is 9.47 Å². The maximum atomic E-state index is 11.6. The zero-order chi connectivity index (χ0) is 12.6. The molecule has 0 radical (unpaired) electrons. The lowest BCUT2D eigenvalue weighted by atomic mass is 10.3. The molecule has 0 aromatic carbocycles. The van der Waals surface area contributed by atoms with Gasteiger partial charge in [-0.2, -0.15) is 0 Å². The van der Waals surface area contributed by atoms with Gasteiger partial charge in [-0.1, -0.05) is 12.8 Å². The maximum Gasteiger partial charge on any atom is 0.356 e. The molecule has 0 unspecified atom stereocenters. The van der Waals surface area contributed by atoms with Crippen molar-refractivity contribution in [3.63, 3.8) is 0 Å². The average Bonchev–Trinajstić information content (AvgIpc) is 2.89. The summed E-state index contributed by atoms with van der Waals surface area (Å²) in [5.41, 5.74) is 0. The second kappa shape index (κ2) is 8.05. The minimum atomic E-state index is -0.0183. The highest BCUT2D eigenvalue weighted by molar-refractivity contribution is 7.97. The molecule has 2 rings (SSSR count). The number of hydrogen-bond donors (Lipinski definition) is 0. The van der Waals surface area contributed by atoms with Gasteiger partial charge >= 0.3 is 5.97 Å². The SMILES string of the molecule is O=C(C[S+]1CCCCC1)OCCOC1CCCC1. The standard InChI is InChI=1S/C14H25O3S/c15-14(12-18-10-4-1-5-11-18)17-9-8-16-13-6-2-3-7-13/h13H,1-12H2/q+1. The molecule has 3 nitrogen and oxygen atoms in total. The fourth-order valence-corrected chi connectivity index (χ4v) is 4.80. The minimum Gasteiger partial charge on any atom is -0.460 e. The van der Waals surface area contributed by atoms with Crippen molar-refractivity contribution in [2.45, 2.75) is 51.0 Å². The molecular formula is C14H25O3S+. The van der Waals surface area contributed by atoms with Crippen LogP contribution in [0.1, 0.15) is 44.9 Å². The van der Waals surface area contributed by atoms with Crippen LogP contribution in [-0.2, 0) is 25.2 Å². The van der Waals surface area contributed by atoms with E-state index >= 15 is 0 Å². The lowest BCUT2D eigenvalue weighted by Crippen LogP contribution is -2.27. The van der Waals surface area contributed by atoms with Gasteiger partial charge in [-0.3, -0.25) is 0 Å². The van der Waals surface area contributed by atoms with Gasteiger partial charge in [0, 0.05) is 0 Å². The van der Waals surface area contributed by atoms with E-state index in [2.05, 4.69) is 0 Å². The highest BCUT2D eigenvalue weighted by atomic mass is 32.2. The van der Waals surface area contributed by atoms with Crippen LogP contribution in [0.4, 0.5) is 0 Å². The number of hydrogen-bond acceptors (Lipinski definition) is 3. The highest BCUT2D eigenvalue weighted by Crippen LogP contribution is 2.20. The molecule has 0 atom stereocenters. The summed E-state index contributed by atoms with van der Waals surface area (Å²) in [4.78, 5) is 11.6. The number of rotatable bonds is 6. The molecule has 0 spiro atoms. The van der Waals surface area contributed by atoms with Crippen molar-refractivity contribution < 1.29 is 14.3 Å². The Morgan fingerprint density at radius 2 is 1.72 bits per heavy atom. The fourth-order valence-electron chi connectivity index (χ4n) is 2.67. The molecule has 18 heavy (non-hydrogen) atoms. The largest absolute Gasteiger partial charge is 0.460 e. The van der Waals surface area contributed by atoms with Crippen LogP contribution in [0.5, 0.6) is 0 Å². The fraction of sp³-hybridized carbons (Fsp3) is 0.929. The highest BCUT2D eigenvalue weighted by Gasteiger charge is 2.25. The van der Waals surface area contributed by atoms with Crippen molar-refractivity contribution in [2.24, 2.45) is 0 Å². The summed E-state index contributed by atoms with van der Waals surface area (Å²) >= 11 is 0. The van der Waals surface area contributed by atoms with Crippen LogP contribution >= 0.6 is 0 Å². The Morgan fingerprint density at radius 1 is 1.00 bits per heavy atom. The smallest absolute Gasteiger partial charge is 0.356 e. The van der Waals surface area contributed by atoms with Crippen molar-refractivity contribution >= 4 is 16.9 Å². The molecule has 2 aliphatic rings. The molecule has 0 amide bonds. The first-order valence-corrected chi connectivity index (χ1v) is 8.99. The molecule has 0 bridgehead atoms. The third-order valence-corrected chi connectivity index (χ3v) is 6.07. The Morgan fingerprint density at radius 3 is 2.44 bits per heavy atom. The van der Waals surface area contributed by atoms with Crippen LogP contribution in [0.25, 0.3) is 0 Å². The van der Waals surface area contributed by atoms with E-state index in [4.69, 9.17) is 9.47 Å². The Hall–Kier alpha value is -0.220. The van der Waals surface area contributed by atoms with Crippen LogP contribution in [-0.4, -0.2) is 42.5 Å². The van der Waals surface area contributed by atoms with E-state index in [-0.39, 0.29) is 5.97 Å². The molecular weight excluding hydrogens is 248 g/mol. The van der Waals surface area contributed by atoms with Gasteiger partial charge in [0.05, 0.1) is 12.7 Å². The summed E-state index contributed by atoms with van der Waals surface area (Å²) in [6.45, 7) is 1.01. The molecule has 4 heteroatoms. The monoisotopic (exact) mass is 273 g/mol. The molecule has 0 aromatic rings. The number of carbonyl (C=O) groups is 1. The maximum absolute atomic E-state index is 11.6. The van der Waals surface area contributed by atoms with Gasteiger partial charge in [-0.05, 0) is 43.0 Å². The lowest BCUT2D eigenvalue weighted by molar-refractivity contribution is -0.142. The van der Waals surface area contributed by atoms with E-state index < -0.39 is 0 Å². The Balaban J connectivity index is 1.48. The van der Waals surface area contributed by atoms with Gasteiger partial charge in [0.25, 0.3) is 0 Å². The Labute approximate surface area is 113 Å². The second-order valence-electron chi connectivity index (χ2n) is 5.22. The van der Waals surface area contributed by atoms with Crippen LogP contribution < -0.4 is 0 Å². The summed E-state index contributed by atoms with van der Waals surface area (Å²) in [6.07, 6.45) is 9.27. The number of carbonyl (C=O) groups excluding carboxylic acids is 1.